The minimum Gasteiger partial charge on any atom is -0.369 e. The zero-order valence-corrected chi connectivity index (χ0v) is 14.1. The molecule has 1 heterocycles. The fourth-order valence-electron chi connectivity index (χ4n) is 2.42. The molecule has 3 rings (SSSR count). The van der Waals surface area contributed by atoms with Crippen molar-refractivity contribution in [1.82, 2.24) is 0 Å². The second-order valence-electron chi connectivity index (χ2n) is 4.73. The Labute approximate surface area is 138 Å². The molecule has 0 fully saturated rings. The van der Waals surface area contributed by atoms with Crippen molar-refractivity contribution >= 4 is 43.5 Å². The zero-order valence-electron chi connectivity index (χ0n) is 10.9. The van der Waals surface area contributed by atoms with E-state index >= 15 is 0 Å². The van der Waals surface area contributed by atoms with E-state index in [0.29, 0.717) is 22.5 Å². The monoisotopic (exact) mass is 411 g/mol. The summed E-state index contributed by atoms with van der Waals surface area (Å²) in [6.07, 6.45) is 0. The summed E-state index contributed by atoms with van der Waals surface area (Å²) < 4.78 is 15.9. The lowest BCUT2D eigenvalue weighted by atomic mass is 10.0. The minimum atomic E-state index is -0.263. The Balaban J connectivity index is 2.00. The topological polar surface area (TPSA) is 41.6 Å². The third kappa shape index (κ3) is 2.82. The van der Waals surface area contributed by atoms with Gasteiger partial charge in [-0.2, -0.15) is 0 Å². The van der Waals surface area contributed by atoms with Crippen LogP contribution in [0.3, 0.4) is 0 Å². The van der Waals surface area contributed by atoms with Crippen molar-refractivity contribution in [2.45, 2.75) is 6.04 Å². The minimum absolute atomic E-state index is 0.223. The van der Waals surface area contributed by atoms with Gasteiger partial charge in [0.15, 0.2) is 5.96 Å². The van der Waals surface area contributed by atoms with Crippen LogP contribution in [0, 0.1) is 5.82 Å². The summed E-state index contributed by atoms with van der Waals surface area (Å²) in [6, 6.07) is 12.6. The first-order chi connectivity index (χ1) is 10.1. The van der Waals surface area contributed by atoms with Crippen molar-refractivity contribution in [2.24, 2.45) is 10.7 Å². The maximum absolute atomic E-state index is 14.2. The van der Waals surface area contributed by atoms with Crippen LogP contribution in [-0.4, -0.2) is 12.5 Å². The summed E-state index contributed by atoms with van der Waals surface area (Å²) in [5, 5.41) is 0. The van der Waals surface area contributed by atoms with Crippen molar-refractivity contribution in [2.75, 3.05) is 11.4 Å². The quantitative estimate of drug-likeness (QED) is 0.801. The van der Waals surface area contributed by atoms with Gasteiger partial charge < -0.3 is 10.6 Å². The lowest BCUT2D eigenvalue weighted by Crippen LogP contribution is -2.36. The SMILES string of the molecule is NC1=NCC(c2ccc(Br)cc2F)N1c1ccc(Br)cc1. The van der Waals surface area contributed by atoms with E-state index in [9.17, 15) is 4.39 Å². The van der Waals surface area contributed by atoms with E-state index < -0.39 is 0 Å². The number of hydrogen-bond acceptors (Lipinski definition) is 3. The maximum atomic E-state index is 14.2. The molecule has 0 aliphatic carbocycles. The van der Waals surface area contributed by atoms with E-state index in [1.807, 2.05) is 35.2 Å². The van der Waals surface area contributed by atoms with E-state index in [2.05, 4.69) is 36.9 Å². The van der Waals surface area contributed by atoms with Gasteiger partial charge in [-0.3, -0.25) is 4.99 Å². The molecule has 0 saturated heterocycles. The smallest absolute Gasteiger partial charge is 0.196 e. The van der Waals surface area contributed by atoms with Gasteiger partial charge in [0.25, 0.3) is 0 Å². The van der Waals surface area contributed by atoms with E-state index in [-0.39, 0.29) is 11.9 Å². The van der Waals surface area contributed by atoms with Gasteiger partial charge in [0.05, 0.1) is 12.6 Å². The molecule has 0 spiro atoms. The highest BCUT2D eigenvalue weighted by atomic mass is 79.9. The summed E-state index contributed by atoms with van der Waals surface area (Å²) in [6.45, 7) is 0.445. The number of benzene rings is 2. The number of anilines is 1. The number of hydrogen-bond donors (Lipinski definition) is 1. The lowest BCUT2D eigenvalue weighted by molar-refractivity contribution is 0.588. The molecule has 2 aromatic rings. The Kier molecular flexibility index (Phi) is 3.99. The molecule has 1 aliphatic rings. The number of nitrogens with two attached hydrogens (primary N) is 1. The fourth-order valence-corrected chi connectivity index (χ4v) is 3.02. The van der Waals surface area contributed by atoms with Crippen molar-refractivity contribution < 1.29 is 4.39 Å². The Morgan fingerprint density at radius 3 is 2.43 bits per heavy atom. The zero-order chi connectivity index (χ0) is 15.0. The normalized spacial score (nSPS) is 18.0. The fraction of sp³-hybridized carbons (Fsp3) is 0.133. The molecule has 0 saturated carbocycles. The summed E-state index contributed by atoms with van der Waals surface area (Å²) >= 11 is 6.68. The van der Waals surface area contributed by atoms with E-state index in [1.54, 1.807) is 6.07 Å². The molecule has 0 bridgehead atoms. The number of guanidine groups is 1. The van der Waals surface area contributed by atoms with Crippen LogP contribution < -0.4 is 10.6 Å². The van der Waals surface area contributed by atoms with Crippen LogP contribution in [-0.2, 0) is 0 Å². The summed E-state index contributed by atoms with van der Waals surface area (Å²) in [7, 11) is 0. The van der Waals surface area contributed by atoms with Crippen LogP contribution in [0.5, 0.6) is 0 Å². The van der Waals surface area contributed by atoms with Crippen LogP contribution in [0.1, 0.15) is 11.6 Å². The summed E-state index contributed by atoms with van der Waals surface area (Å²) in [4.78, 5) is 6.13. The summed E-state index contributed by atoms with van der Waals surface area (Å²) in [5.41, 5.74) is 7.47. The average Bonchev–Trinajstić information content (AvgIpc) is 2.82. The predicted octanol–water partition coefficient (Wildman–Crippen LogP) is 4.23. The molecule has 6 heteroatoms. The standard InChI is InChI=1S/C15H12Br2FN3/c16-9-1-4-11(5-2-9)21-14(8-20-15(21)19)12-6-3-10(17)7-13(12)18/h1-7,14H,8H2,(H2,19,20). The van der Waals surface area contributed by atoms with Crippen molar-refractivity contribution in [1.29, 1.82) is 0 Å². The first-order valence-electron chi connectivity index (χ1n) is 6.36. The summed E-state index contributed by atoms with van der Waals surface area (Å²) in [5.74, 6) is 0.144. The highest BCUT2D eigenvalue weighted by molar-refractivity contribution is 9.10. The molecule has 1 atom stereocenters. The number of halogens is 3. The molecule has 0 aromatic heterocycles. The highest BCUT2D eigenvalue weighted by Gasteiger charge is 2.30. The Hall–Kier alpha value is -1.40. The molecule has 108 valence electrons. The van der Waals surface area contributed by atoms with Crippen molar-refractivity contribution in [3.63, 3.8) is 0 Å². The maximum Gasteiger partial charge on any atom is 0.196 e. The number of aliphatic imine (C=N–C) groups is 1. The average molecular weight is 413 g/mol. The molecule has 0 amide bonds. The van der Waals surface area contributed by atoms with Crippen molar-refractivity contribution in [3.05, 3.63) is 62.8 Å². The lowest BCUT2D eigenvalue weighted by Gasteiger charge is -2.27. The molecule has 2 N–H and O–H groups in total. The Morgan fingerprint density at radius 2 is 1.76 bits per heavy atom. The first-order valence-corrected chi connectivity index (χ1v) is 7.94. The van der Waals surface area contributed by atoms with Gasteiger partial charge >= 0.3 is 0 Å². The molecule has 2 aromatic carbocycles. The molecule has 3 nitrogen and oxygen atoms in total. The molecular weight excluding hydrogens is 401 g/mol. The van der Waals surface area contributed by atoms with Gasteiger partial charge in [0.2, 0.25) is 0 Å². The largest absolute Gasteiger partial charge is 0.369 e. The number of nitrogens with zero attached hydrogens (tertiary/aromatic N) is 2. The Morgan fingerprint density at radius 1 is 1.10 bits per heavy atom. The van der Waals surface area contributed by atoms with E-state index in [4.69, 9.17) is 5.73 Å². The van der Waals surface area contributed by atoms with Crippen LogP contribution in [0.25, 0.3) is 0 Å². The van der Waals surface area contributed by atoms with Gasteiger partial charge in [0, 0.05) is 20.2 Å². The molecule has 1 aliphatic heterocycles. The molecule has 0 radical (unpaired) electrons. The van der Waals surface area contributed by atoms with Gasteiger partial charge in [-0.05, 0) is 36.4 Å². The van der Waals surface area contributed by atoms with Gasteiger partial charge in [-0.1, -0.05) is 37.9 Å². The van der Waals surface area contributed by atoms with Gasteiger partial charge in [0.1, 0.15) is 5.82 Å². The van der Waals surface area contributed by atoms with Gasteiger partial charge in [-0.25, -0.2) is 4.39 Å². The molecule has 1 unspecified atom stereocenters. The molecular formula is C15H12Br2FN3. The van der Waals surface area contributed by atoms with Crippen molar-refractivity contribution in [3.8, 4) is 0 Å². The van der Waals surface area contributed by atoms with Crippen LogP contribution in [0.2, 0.25) is 0 Å². The second-order valence-corrected chi connectivity index (χ2v) is 6.56. The van der Waals surface area contributed by atoms with E-state index in [1.165, 1.54) is 6.07 Å². The third-order valence-electron chi connectivity index (χ3n) is 3.41. The van der Waals surface area contributed by atoms with Crippen LogP contribution >= 0.6 is 31.9 Å². The van der Waals surface area contributed by atoms with Crippen LogP contribution in [0.4, 0.5) is 10.1 Å². The Bertz CT molecular complexity index is 701. The van der Waals surface area contributed by atoms with Gasteiger partial charge in [-0.15, -0.1) is 0 Å². The second kappa shape index (κ2) is 5.77. The van der Waals surface area contributed by atoms with E-state index in [0.717, 1.165) is 10.2 Å². The third-order valence-corrected chi connectivity index (χ3v) is 4.43. The predicted molar refractivity (Wildman–Crippen MR) is 90.0 cm³/mol. The first kappa shape index (κ1) is 14.5. The number of rotatable bonds is 2. The molecule has 21 heavy (non-hydrogen) atoms. The highest BCUT2D eigenvalue weighted by Crippen LogP contribution is 2.33. The van der Waals surface area contributed by atoms with Crippen LogP contribution in [0.15, 0.2) is 56.4 Å².